The van der Waals surface area contributed by atoms with Gasteiger partial charge < -0.3 is 15.6 Å². The molecule has 0 unspecified atom stereocenters. The number of ether oxygens (including phenoxy) is 1. The average molecular weight is 261 g/mol. The Bertz CT molecular complexity index is 567. The summed E-state index contributed by atoms with van der Waals surface area (Å²) in [5.74, 6) is -0.270. The van der Waals surface area contributed by atoms with Crippen LogP contribution in [-0.2, 0) is 13.2 Å². The molecule has 19 heavy (non-hydrogen) atoms. The van der Waals surface area contributed by atoms with Gasteiger partial charge in [-0.25, -0.2) is 4.39 Å². The summed E-state index contributed by atoms with van der Waals surface area (Å²) < 4.78 is 19.1. The molecule has 0 atom stereocenters. The van der Waals surface area contributed by atoms with Gasteiger partial charge in [0, 0.05) is 11.8 Å². The number of anilines is 1. The first-order valence-corrected chi connectivity index (χ1v) is 5.97. The number of halogens is 1. The molecule has 0 fully saturated rings. The smallest absolute Gasteiger partial charge is 0.167 e. The molecule has 3 nitrogen and oxygen atoms in total. The van der Waals surface area contributed by atoms with Crippen molar-refractivity contribution in [3.05, 3.63) is 58.9 Å². The number of nitrogen functional groups attached to an aromatic ring is 1. The molecule has 0 bridgehead atoms. The molecule has 100 valence electrons. The Kier molecular flexibility index (Phi) is 4.02. The highest BCUT2D eigenvalue weighted by atomic mass is 19.1. The van der Waals surface area contributed by atoms with E-state index in [1.54, 1.807) is 13.0 Å². The van der Waals surface area contributed by atoms with Gasteiger partial charge in [0.15, 0.2) is 11.6 Å². The van der Waals surface area contributed by atoms with Gasteiger partial charge in [-0.3, -0.25) is 0 Å². The summed E-state index contributed by atoms with van der Waals surface area (Å²) >= 11 is 0. The maximum atomic E-state index is 13.6. The number of rotatable bonds is 4. The van der Waals surface area contributed by atoms with Gasteiger partial charge in [-0.2, -0.15) is 0 Å². The lowest BCUT2D eigenvalue weighted by Gasteiger charge is -2.10. The van der Waals surface area contributed by atoms with E-state index in [2.05, 4.69) is 0 Å². The van der Waals surface area contributed by atoms with Gasteiger partial charge in [-0.05, 0) is 29.7 Å². The zero-order valence-electron chi connectivity index (χ0n) is 10.7. The first-order valence-electron chi connectivity index (χ1n) is 5.97. The average Bonchev–Trinajstić information content (AvgIpc) is 2.42. The Labute approximate surface area is 111 Å². The molecule has 2 aromatic carbocycles. The minimum Gasteiger partial charge on any atom is -0.486 e. The first kappa shape index (κ1) is 13.4. The number of hydrogen-bond donors (Lipinski definition) is 2. The third-order valence-electron chi connectivity index (χ3n) is 2.92. The van der Waals surface area contributed by atoms with Crippen molar-refractivity contribution in [1.82, 2.24) is 0 Å². The standard InChI is InChI=1S/C15H16FNO2/c1-10-6-15(13(16)7-14(10)17)19-9-12-4-2-11(8-18)3-5-12/h2-7,18H,8-9,17H2,1H3. The number of aliphatic hydroxyl groups is 1. The molecular weight excluding hydrogens is 245 g/mol. The van der Waals surface area contributed by atoms with E-state index in [-0.39, 0.29) is 19.0 Å². The Morgan fingerprint density at radius 2 is 1.79 bits per heavy atom. The van der Waals surface area contributed by atoms with Crippen molar-refractivity contribution < 1.29 is 14.2 Å². The molecule has 3 N–H and O–H groups in total. The van der Waals surface area contributed by atoms with Crippen LogP contribution < -0.4 is 10.5 Å². The lowest BCUT2D eigenvalue weighted by atomic mass is 10.1. The monoisotopic (exact) mass is 261 g/mol. The molecule has 0 saturated carbocycles. The maximum Gasteiger partial charge on any atom is 0.167 e. The summed E-state index contributed by atoms with van der Waals surface area (Å²) in [6.45, 7) is 2.08. The fraction of sp³-hybridized carbons (Fsp3) is 0.200. The van der Waals surface area contributed by atoms with Gasteiger partial charge in [0.2, 0.25) is 0 Å². The van der Waals surface area contributed by atoms with Crippen LogP contribution in [0.3, 0.4) is 0 Å². The second-order valence-electron chi connectivity index (χ2n) is 4.40. The summed E-state index contributed by atoms with van der Waals surface area (Å²) in [7, 11) is 0. The second kappa shape index (κ2) is 5.71. The van der Waals surface area contributed by atoms with E-state index >= 15 is 0 Å². The zero-order chi connectivity index (χ0) is 13.8. The molecular formula is C15H16FNO2. The van der Waals surface area contributed by atoms with Gasteiger partial charge in [0.25, 0.3) is 0 Å². The van der Waals surface area contributed by atoms with Crippen molar-refractivity contribution in [2.75, 3.05) is 5.73 Å². The SMILES string of the molecule is Cc1cc(OCc2ccc(CO)cc2)c(F)cc1N. The molecule has 0 amide bonds. The van der Waals surface area contributed by atoms with Crippen molar-refractivity contribution in [3.63, 3.8) is 0 Å². The number of benzene rings is 2. The highest BCUT2D eigenvalue weighted by molar-refractivity contribution is 5.50. The Morgan fingerprint density at radius 3 is 2.42 bits per heavy atom. The zero-order valence-corrected chi connectivity index (χ0v) is 10.7. The minimum absolute atomic E-state index is 0.00687. The van der Waals surface area contributed by atoms with Crippen molar-refractivity contribution in [1.29, 1.82) is 0 Å². The van der Waals surface area contributed by atoms with Crippen LogP contribution in [0.2, 0.25) is 0 Å². The van der Waals surface area contributed by atoms with Crippen LogP contribution in [0, 0.1) is 12.7 Å². The van der Waals surface area contributed by atoms with E-state index < -0.39 is 5.82 Å². The molecule has 2 aromatic rings. The molecule has 4 heteroatoms. The molecule has 0 aromatic heterocycles. The molecule has 0 heterocycles. The van der Waals surface area contributed by atoms with E-state index in [1.807, 2.05) is 24.3 Å². The van der Waals surface area contributed by atoms with E-state index in [0.29, 0.717) is 5.69 Å². The van der Waals surface area contributed by atoms with E-state index in [0.717, 1.165) is 16.7 Å². The van der Waals surface area contributed by atoms with Crippen LogP contribution >= 0.6 is 0 Å². The van der Waals surface area contributed by atoms with E-state index in [9.17, 15) is 4.39 Å². The van der Waals surface area contributed by atoms with Gasteiger partial charge in [0.05, 0.1) is 6.61 Å². The Morgan fingerprint density at radius 1 is 1.16 bits per heavy atom. The third-order valence-corrected chi connectivity index (χ3v) is 2.92. The Hall–Kier alpha value is -2.07. The van der Waals surface area contributed by atoms with Gasteiger partial charge >= 0.3 is 0 Å². The Balaban J connectivity index is 2.07. The van der Waals surface area contributed by atoms with E-state index in [4.69, 9.17) is 15.6 Å². The summed E-state index contributed by atoms with van der Waals surface area (Å²) in [5, 5.41) is 8.94. The summed E-state index contributed by atoms with van der Waals surface area (Å²) in [6.07, 6.45) is 0. The first-order chi connectivity index (χ1) is 9.10. The largest absolute Gasteiger partial charge is 0.486 e. The quantitative estimate of drug-likeness (QED) is 0.832. The molecule has 0 spiro atoms. The van der Waals surface area contributed by atoms with Crippen LogP contribution in [0.1, 0.15) is 16.7 Å². The molecule has 0 saturated heterocycles. The van der Waals surface area contributed by atoms with Crippen molar-refractivity contribution in [2.45, 2.75) is 20.1 Å². The number of hydrogen-bond acceptors (Lipinski definition) is 3. The van der Waals surface area contributed by atoms with E-state index in [1.165, 1.54) is 6.07 Å². The third kappa shape index (κ3) is 3.23. The maximum absolute atomic E-state index is 13.6. The fourth-order valence-corrected chi connectivity index (χ4v) is 1.68. The van der Waals surface area contributed by atoms with Gasteiger partial charge in [-0.1, -0.05) is 24.3 Å². The highest BCUT2D eigenvalue weighted by Gasteiger charge is 2.07. The number of nitrogens with two attached hydrogens (primary N) is 1. The van der Waals surface area contributed by atoms with Crippen molar-refractivity contribution in [2.24, 2.45) is 0 Å². The molecule has 0 aliphatic rings. The minimum atomic E-state index is -0.463. The van der Waals surface area contributed by atoms with Crippen LogP contribution in [0.25, 0.3) is 0 Å². The topological polar surface area (TPSA) is 55.5 Å². The molecule has 0 aliphatic heterocycles. The highest BCUT2D eigenvalue weighted by Crippen LogP contribution is 2.24. The van der Waals surface area contributed by atoms with Gasteiger partial charge in [-0.15, -0.1) is 0 Å². The van der Waals surface area contributed by atoms with Crippen LogP contribution in [0.5, 0.6) is 5.75 Å². The summed E-state index contributed by atoms with van der Waals surface area (Å²) in [5.41, 5.74) is 8.55. The lowest BCUT2D eigenvalue weighted by Crippen LogP contribution is -2.00. The fourth-order valence-electron chi connectivity index (χ4n) is 1.68. The number of aliphatic hydroxyl groups excluding tert-OH is 1. The summed E-state index contributed by atoms with van der Waals surface area (Å²) in [6, 6.07) is 10.2. The number of aryl methyl sites for hydroxylation is 1. The molecule has 2 rings (SSSR count). The van der Waals surface area contributed by atoms with Crippen molar-refractivity contribution >= 4 is 5.69 Å². The lowest BCUT2D eigenvalue weighted by molar-refractivity contribution is 0.280. The second-order valence-corrected chi connectivity index (χ2v) is 4.40. The normalized spacial score (nSPS) is 10.5. The van der Waals surface area contributed by atoms with Crippen LogP contribution in [0.4, 0.5) is 10.1 Å². The van der Waals surface area contributed by atoms with Crippen LogP contribution in [-0.4, -0.2) is 5.11 Å². The molecule has 0 radical (unpaired) electrons. The molecule has 0 aliphatic carbocycles. The predicted molar refractivity (Wildman–Crippen MR) is 72.2 cm³/mol. The predicted octanol–water partition coefficient (Wildman–Crippen LogP) is 2.79. The van der Waals surface area contributed by atoms with Crippen LogP contribution in [0.15, 0.2) is 36.4 Å². The summed E-state index contributed by atoms with van der Waals surface area (Å²) in [4.78, 5) is 0. The van der Waals surface area contributed by atoms with Crippen molar-refractivity contribution in [3.8, 4) is 5.75 Å². The van der Waals surface area contributed by atoms with Gasteiger partial charge in [0.1, 0.15) is 6.61 Å².